The number of nitrogens with one attached hydrogen (secondary N) is 1. The maximum atomic E-state index is 14.1. The number of carbonyl (C=O) groups excluding carboxylic acids is 2. The summed E-state index contributed by atoms with van der Waals surface area (Å²) in [5, 5.41) is 5.36. The van der Waals surface area contributed by atoms with Gasteiger partial charge in [0.2, 0.25) is 5.91 Å². The second-order valence-corrected chi connectivity index (χ2v) is 11.6. The largest absolute Gasteiger partial charge is 0.497 e. The summed E-state index contributed by atoms with van der Waals surface area (Å²) in [6.07, 6.45) is 5.74. The van der Waals surface area contributed by atoms with Gasteiger partial charge in [0.15, 0.2) is 6.61 Å². The highest BCUT2D eigenvalue weighted by Gasteiger charge is 2.32. The van der Waals surface area contributed by atoms with Crippen molar-refractivity contribution in [1.82, 2.24) is 10.2 Å². The van der Waals surface area contributed by atoms with Gasteiger partial charge >= 0.3 is 0 Å². The highest BCUT2D eigenvalue weighted by Crippen LogP contribution is 2.33. The summed E-state index contributed by atoms with van der Waals surface area (Å²) in [6.45, 7) is 0.0385. The van der Waals surface area contributed by atoms with Crippen molar-refractivity contribution in [3.63, 3.8) is 0 Å². The summed E-state index contributed by atoms with van der Waals surface area (Å²) in [6, 6.07) is 28.7. The molecule has 1 atom stereocenters. The van der Waals surface area contributed by atoms with Crippen molar-refractivity contribution < 1.29 is 19.1 Å². The van der Waals surface area contributed by atoms with Gasteiger partial charge < -0.3 is 19.7 Å². The fourth-order valence-electron chi connectivity index (χ4n) is 5.61. The van der Waals surface area contributed by atoms with Crippen molar-refractivity contribution in [1.29, 1.82) is 0 Å². The summed E-state index contributed by atoms with van der Waals surface area (Å²) in [4.78, 5) is 29.7. The molecule has 7 heteroatoms. The number of amides is 2. The summed E-state index contributed by atoms with van der Waals surface area (Å²) < 4.78 is 12.3. The van der Waals surface area contributed by atoms with E-state index in [1.807, 2.05) is 91.0 Å². The number of halogens is 1. The van der Waals surface area contributed by atoms with E-state index in [1.165, 1.54) is 6.42 Å². The minimum absolute atomic E-state index is 0.128. The van der Waals surface area contributed by atoms with Crippen LogP contribution < -0.4 is 14.8 Å². The lowest BCUT2D eigenvalue weighted by molar-refractivity contribution is -0.143. The predicted octanol–water partition coefficient (Wildman–Crippen LogP) is 7.08. The maximum Gasteiger partial charge on any atom is 0.261 e. The summed E-state index contributed by atoms with van der Waals surface area (Å²) in [5.74, 6) is 0.878. The minimum atomic E-state index is -0.711. The van der Waals surface area contributed by atoms with E-state index in [0.29, 0.717) is 17.9 Å². The van der Waals surface area contributed by atoms with Crippen LogP contribution >= 0.6 is 15.9 Å². The van der Waals surface area contributed by atoms with E-state index in [-0.39, 0.29) is 31.0 Å². The lowest BCUT2D eigenvalue weighted by Crippen LogP contribution is -2.53. The molecule has 1 N–H and O–H groups in total. The molecule has 0 aromatic heterocycles. The van der Waals surface area contributed by atoms with E-state index >= 15 is 0 Å². The number of methoxy groups -OCH3 is 1. The van der Waals surface area contributed by atoms with Crippen molar-refractivity contribution in [2.75, 3.05) is 13.7 Å². The Labute approximate surface area is 256 Å². The van der Waals surface area contributed by atoms with Crippen LogP contribution in [0.25, 0.3) is 10.8 Å². The molecule has 42 heavy (non-hydrogen) atoms. The number of hydrogen-bond acceptors (Lipinski definition) is 4. The smallest absolute Gasteiger partial charge is 0.261 e. The molecule has 0 bridgehead atoms. The Balaban J connectivity index is 1.44. The molecule has 1 aliphatic rings. The van der Waals surface area contributed by atoms with Crippen LogP contribution in [-0.4, -0.2) is 42.5 Å². The lowest BCUT2D eigenvalue weighted by atomic mass is 9.94. The van der Waals surface area contributed by atoms with Crippen molar-refractivity contribution in [2.24, 2.45) is 0 Å². The molecule has 4 aromatic rings. The number of rotatable bonds is 11. The molecule has 1 aliphatic carbocycles. The fourth-order valence-corrected chi connectivity index (χ4v) is 6.22. The van der Waals surface area contributed by atoms with Crippen LogP contribution in [0.15, 0.2) is 95.5 Å². The molecule has 2 amide bonds. The molecule has 0 heterocycles. The number of ether oxygens (including phenoxy) is 2. The van der Waals surface area contributed by atoms with Crippen molar-refractivity contribution >= 4 is 38.5 Å². The Bertz CT molecular complexity index is 1500. The lowest BCUT2D eigenvalue weighted by Gasteiger charge is -2.33. The number of hydrogen-bond donors (Lipinski definition) is 1. The first-order valence-electron chi connectivity index (χ1n) is 14.6. The number of fused-ring (bicyclic) bond motifs is 1. The molecule has 218 valence electrons. The molecular formula is C35H37BrN2O4. The van der Waals surface area contributed by atoms with Gasteiger partial charge in [-0.3, -0.25) is 9.59 Å². The van der Waals surface area contributed by atoms with Gasteiger partial charge in [-0.1, -0.05) is 92.1 Å². The van der Waals surface area contributed by atoms with Gasteiger partial charge in [0.1, 0.15) is 17.5 Å². The summed E-state index contributed by atoms with van der Waals surface area (Å²) in [5.41, 5.74) is 1.86. The van der Waals surface area contributed by atoms with Crippen molar-refractivity contribution in [2.45, 2.75) is 57.2 Å². The van der Waals surface area contributed by atoms with E-state index in [2.05, 4.69) is 21.2 Å². The quantitative estimate of drug-likeness (QED) is 0.193. The Morgan fingerprint density at radius 1 is 0.905 bits per heavy atom. The van der Waals surface area contributed by atoms with Gasteiger partial charge in [-0.05, 0) is 68.9 Å². The van der Waals surface area contributed by atoms with Gasteiger partial charge in [0, 0.05) is 19.0 Å². The van der Waals surface area contributed by atoms with Crippen LogP contribution in [0.5, 0.6) is 11.5 Å². The first kappa shape index (κ1) is 29.6. The summed E-state index contributed by atoms with van der Waals surface area (Å²) >= 11 is 3.66. The van der Waals surface area contributed by atoms with Crippen LogP contribution in [0.4, 0.5) is 0 Å². The molecular weight excluding hydrogens is 592 g/mol. The average Bonchev–Trinajstić information content (AvgIpc) is 3.03. The second kappa shape index (κ2) is 14.4. The first-order valence-corrected chi connectivity index (χ1v) is 15.4. The Morgan fingerprint density at radius 2 is 1.64 bits per heavy atom. The Morgan fingerprint density at radius 3 is 2.43 bits per heavy atom. The van der Waals surface area contributed by atoms with Gasteiger partial charge in [0.25, 0.3) is 5.91 Å². The van der Waals surface area contributed by atoms with E-state index < -0.39 is 6.04 Å². The Kier molecular flexibility index (Phi) is 10.1. The summed E-state index contributed by atoms with van der Waals surface area (Å²) in [7, 11) is 1.62. The topological polar surface area (TPSA) is 67.9 Å². The zero-order chi connectivity index (χ0) is 29.3. The molecule has 6 nitrogen and oxygen atoms in total. The van der Waals surface area contributed by atoms with Crippen LogP contribution in [0.3, 0.4) is 0 Å². The van der Waals surface area contributed by atoms with E-state index in [9.17, 15) is 9.59 Å². The molecule has 0 saturated heterocycles. The van der Waals surface area contributed by atoms with E-state index in [1.54, 1.807) is 12.0 Å². The van der Waals surface area contributed by atoms with Crippen LogP contribution in [0, 0.1) is 0 Å². The number of nitrogens with zero attached hydrogens (tertiary/aromatic N) is 1. The van der Waals surface area contributed by atoms with Crippen LogP contribution in [0.1, 0.15) is 43.2 Å². The average molecular weight is 630 g/mol. The highest BCUT2D eigenvalue weighted by atomic mass is 79.9. The third-order valence-electron chi connectivity index (χ3n) is 7.89. The van der Waals surface area contributed by atoms with E-state index in [0.717, 1.165) is 52.1 Å². The van der Waals surface area contributed by atoms with Crippen LogP contribution in [0.2, 0.25) is 0 Å². The van der Waals surface area contributed by atoms with Crippen molar-refractivity contribution in [3.05, 3.63) is 107 Å². The van der Waals surface area contributed by atoms with Gasteiger partial charge in [-0.15, -0.1) is 0 Å². The van der Waals surface area contributed by atoms with Gasteiger partial charge in [-0.2, -0.15) is 0 Å². The van der Waals surface area contributed by atoms with Gasteiger partial charge in [0.05, 0.1) is 11.6 Å². The molecule has 0 unspecified atom stereocenters. The first-order chi connectivity index (χ1) is 20.5. The normalized spacial score (nSPS) is 14.2. The molecule has 0 spiro atoms. The minimum Gasteiger partial charge on any atom is -0.497 e. The molecule has 1 fully saturated rings. The zero-order valence-electron chi connectivity index (χ0n) is 23.9. The van der Waals surface area contributed by atoms with E-state index in [4.69, 9.17) is 9.47 Å². The molecule has 5 rings (SSSR count). The molecule has 4 aromatic carbocycles. The second-order valence-electron chi connectivity index (χ2n) is 10.8. The third kappa shape index (κ3) is 7.51. The maximum absolute atomic E-state index is 14.1. The zero-order valence-corrected chi connectivity index (χ0v) is 25.5. The SMILES string of the molecule is COc1cccc(CN(C(=O)COc2ccc3ccccc3c2Br)[C@H](Cc2ccccc2)C(=O)NC2CCCCC2)c1. The van der Waals surface area contributed by atoms with Crippen molar-refractivity contribution in [3.8, 4) is 11.5 Å². The Hall–Kier alpha value is -3.84. The number of benzene rings is 4. The molecule has 0 aliphatic heterocycles. The monoisotopic (exact) mass is 628 g/mol. The fraction of sp³-hybridized carbons (Fsp3) is 0.314. The number of carbonyl (C=O) groups is 2. The predicted molar refractivity (Wildman–Crippen MR) is 170 cm³/mol. The molecule has 0 radical (unpaired) electrons. The molecule has 1 saturated carbocycles. The standard InChI is InChI=1S/C35H37BrN2O4/c1-41-29-17-10-13-26(21-29)23-38(33(39)24-42-32-20-19-27-14-8-9-18-30(27)34(32)36)31(22-25-11-4-2-5-12-25)35(40)37-28-15-6-3-7-16-28/h2,4-5,8-14,17-21,28,31H,3,6-7,15-16,22-24H2,1H3,(H,37,40)/t31-/m1/s1. The van der Waals surface area contributed by atoms with Crippen LogP contribution in [-0.2, 0) is 22.6 Å². The van der Waals surface area contributed by atoms with Gasteiger partial charge in [-0.25, -0.2) is 0 Å². The third-order valence-corrected chi connectivity index (χ3v) is 8.71. The highest BCUT2D eigenvalue weighted by molar-refractivity contribution is 9.10.